The van der Waals surface area contributed by atoms with E-state index in [-0.39, 0.29) is 0 Å². The molecule has 0 saturated carbocycles. The minimum Gasteiger partial charge on any atom is -0.387 e. The second kappa shape index (κ2) is 55.8. The second-order valence-electron chi connectivity index (χ2n) is 43.8. The molecule has 6 atom stereocenters. The summed E-state index contributed by atoms with van der Waals surface area (Å²) in [5.41, 5.74) is 26.0. The number of piperidine rings is 1. The van der Waals surface area contributed by atoms with E-state index in [4.69, 9.17) is 68.0 Å². The maximum atomic E-state index is 10.5. The van der Waals surface area contributed by atoms with Crippen LogP contribution < -0.4 is 4.90 Å². The van der Waals surface area contributed by atoms with Crippen molar-refractivity contribution in [3.05, 3.63) is 198 Å². The van der Waals surface area contributed by atoms with Gasteiger partial charge in [0.1, 0.15) is 0 Å². The lowest BCUT2D eigenvalue weighted by molar-refractivity contribution is -0.0472. The lowest BCUT2D eigenvalue weighted by Crippen LogP contribution is -2.47. The zero-order valence-electron chi connectivity index (χ0n) is 89.3. The summed E-state index contributed by atoms with van der Waals surface area (Å²) in [7, 11) is 18.4. The largest absolute Gasteiger partial charge is 0.387 e. The van der Waals surface area contributed by atoms with Crippen molar-refractivity contribution in [1.29, 1.82) is 0 Å². The first-order chi connectivity index (χ1) is 65.8. The highest BCUT2D eigenvalue weighted by Crippen LogP contribution is 2.39. The van der Waals surface area contributed by atoms with Gasteiger partial charge >= 0.3 is 0 Å². The average Bonchev–Trinajstić information content (AvgIpc) is 1.70. The first kappa shape index (κ1) is 111. The summed E-state index contributed by atoms with van der Waals surface area (Å²) in [6, 6.07) is 31.3. The van der Waals surface area contributed by atoms with E-state index in [1.165, 1.54) is 185 Å². The summed E-state index contributed by atoms with van der Waals surface area (Å²) in [5.74, 6) is 6.65. The van der Waals surface area contributed by atoms with Crippen molar-refractivity contribution < 1.29 is 38.3 Å². The number of nitrogens with zero attached hydrogens (tertiary/aromatic N) is 15. The van der Waals surface area contributed by atoms with Gasteiger partial charge in [-0.15, -0.1) is 0 Å². The fraction of sp³-hybridized carbons (Fsp3) is 0.693. The number of hydrogen-bond acceptors (Lipinski definition) is 23. The molecule has 10 aliphatic rings. The highest BCUT2D eigenvalue weighted by atomic mass is 16.5. The maximum absolute atomic E-state index is 10.5. The third-order valence-electron chi connectivity index (χ3n) is 28.5. The van der Waals surface area contributed by atoms with E-state index in [1.807, 2.05) is 0 Å². The minimum atomic E-state index is -0.682. The van der Waals surface area contributed by atoms with Gasteiger partial charge in [-0.1, -0.05) is 133 Å². The number of anilines is 1. The van der Waals surface area contributed by atoms with Crippen molar-refractivity contribution in [2.24, 2.45) is 0 Å². The molecule has 760 valence electrons. The van der Waals surface area contributed by atoms with Gasteiger partial charge in [-0.05, 0) is 309 Å². The Hall–Kier alpha value is -6.75. The molecule has 0 spiro atoms. The monoisotopic (exact) mass is 1890 g/mol. The lowest BCUT2D eigenvalue weighted by atomic mass is 9.91. The molecule has 0 radical (unpaired) electrons. The molecule has 7 aromatic heterocycles. The van der Waals surface area contributed by atoms with Crippen molar-refractivity contribution in [3.63, 3.8) is 0 Å². The van der Waals surface area contributed by atoms with Crippen LogP contribution in [0.5, 0.6) is 0 Å². The molecule has 0 bridgehead atoms. The van der Waals surface area contributed by atoms with E-state index in [0.29, 0.717) is 83.5 Å². The number of aromatic nitrogens is 7. The molecule has 17 heterocycles. The van der Waals surface area contributed by atoms with E-state index in [1.54, 1.807) is 7.11 Å². The van der Waals surface area contributed by atoms with E-state index in [2.05, 4.69) is 277 Å². The van der Waals surface area contributed by atoms with Crippen LogP contribution in [0.2, 0.25) is 0 Å². The molecule has 10 fully saturated rings. The topological polar surface area (TPSA) is 201 Å². The SMILES string of the molecule is CC(C)c1ccc(C2CCCOC2)c(CN(C)C)n1.CC(C)c1ccc(C2CCOC2)c(CN2CCC2)n1.CC(C)c1ccc([C@@H]2CCCOC2)c(CN(C)C)n1.CC(C)c1ccc([C@@H]2CCOC2)c(CN2CCC2)n1.CC(C)c1ccc([C@H]2CCCOC2)c(CN(C)C)n1.CC(C)c1ccc([C@H]2CCOC2)c(CN2CCC2)n1.COCC1(O)CCN(c2ccc(C(C)C)nc2CN(C)C)CC1. The Morgan fingerprint density at radius 2 is 0.526 bits per heavy atom. The van der Waals surface area contributed by atoms with Crippen molar-refractivity contribution in [3.8, 4) is 0 Å². The molecule has 0 aliphatic carbocycles. The van der Waals surface area contributed by atoms with Crippen LogP contribution in [-0.2, 0) is 79.0 Å². The van der Waals surface area contributed by atoms with Gasteiger partial charge in [0, 0.05) is 181 Å². The Balaban J connectivity index is 0.000000153. The third kappa shape index (κ3) is 34.2. The smallest absolute Gasteiger partial charge is 0.0913 e. The van der Waals surface area contributed by atoms with Gasteiger partial charge in [0.2, 0.25) is 0 Å². The fourth-order valence-electron chi connectivity index (χ4n) is 19.7. The zero-order valence-corrected chi connectivity index (χ0v) is 89.3. The lowest BCUT2D eigenvalue weighted by Gasteiger charge is -2.39. The standard InChI is InChI=1S/C18H31N3O2.3C16H24N2O.3C16H26N2O/c1-14(2)15-6-7-17(16(19-15)12-20(3)4)21-10-8-18(22,9-11-21)13-23-5;3*1-12(2)15-5-4-14(13-6-9-19-11-13)16(17-15)10-18-7-3-8-18;3*1-12(2)15-8-7-14(13-6-5-9-19-11-13)16(17-15)10-18(3)4/h6-7,14,22H,8-13H2,1-5H3;3*4-5,12-13H,3,6-11H2,1-2H3;3*7-8,12-13H,5-6,9-11H2,1-4H3/t;2*13-;;2*13-;/m.10.10./s1. The molecular formula is C114H181N15O8. The van der Waals surface area contributed by atoms with Crippen LogP contribution in [-0.4, -0.2) is 282 Å². The molecular weight excluding hydrogens is 1710 g/mol. The predicted octanol–water partition coefficient (Wildman–Crippen LogP) is 20.5. The van der Waals surface area contributed by atoms with E-state index < -0.39 is 5.60 Å². The average molecular weight is 1890 g/mol. The number of rotatable bonds is 30. The highest BCUT2D eigenvalue weighted by Gasteiger charge is 2.35. The molecule has 0 aromatic carbocycles. The van der Waals surface area contributed by atoms with Crippen molar-refractivity contribution >= 4 is 5.69 Å². The van der Waals surface area contributed by atoms with E-state index in [9.17, 15) is 5.11 Å². The van der Waals surface area contributed by atoms with E-state index >= 15 is 0 Å². The number of likely N-dealkylation sites (tertiary alicyclic amines) is 3. The first-order valence-electron chi connectivity index (χ1n) is 53.0. The van der Waals surface area contributed by atoms with Gasteiger partial charge in [0.05, 0.1) is 97.4 Å². The molecule has 137 heavy (non-hydrogen) atoms. The molecule has 10 aliphatic heterocycles. The van der Waals surface area contributed by atoms with Gasteiger partial charge in [0.25, 0.3) is 0 Å². The zero-order chi connectivity index (χ0) is 98.2. The molecule has 1 N–H and O–H groups in total. The van der Waals surface area contributed by atoms with Crippen molar-refractivity contribution in [2.45, 2.75) is 315 Å². The summed E-state index contributed by atoms with van der Waals surface area (Å²) in [6.45, 7) is 57.5. The number of methoxy groups -OCH3 is 1. The van der Waals surface area contributed by atoms with Gasteiger partial charge < -0.3 is 62.8 Å². The molecule has 23 heteroatoms. The van der Waals surface area contributed by atoms with E-state index in [0.717, 1.165) is 201 Å². The van der Waals surface area contributed by atoms with Gasteiger partial charge in [0.15, 0.2) is 0 Å². The van der Waals surface area contributed by atoms with Crippen LogP contribution in [0.15, 0.2) is 84.9 Å². The highest BCUT2D eigenvalue weighted by molar-refractivity contribution is 5.52. The predicted molar refractivity (Wildman–Crippen MR) is 559 cm³/mol. The Kier molecular flexibility index (Phi) is 45.0. The van der Waals surface area contributed by atoms with Gasteiger partial charge in [-0.3, -0.25) is 49.6 Å². The third-order valence-corrected chi connectivity index (χ3v) is 28.5. The molecule has 7 aromatic rings. The van der Waals surface area contributed by atoms with Crippen molar-refractivity contribution in [2.75, 3.05) is 207 Å². The normalized spacial score (nSPS) is 21.4. The summed E-state index contributed by atoms with van der Waals surface area (Å²) >= 11 is 0. The van der Waals surface area contributed by atoms with Crippen molar-refractivity contribution in [1.82, 2.24) is 69.2 Å². The number of ether oxygens (including phenoxy) is 7. The summed E-state index contributed by atoms with van der Waals surface area (Å²) in [6.07, 6.45) is 16.1. The summed E-state index contributed by atoms with van der Waals surface area (Å²) in [4.78, 5) is 52.9. The van der Waals surface area contributed by atoms with Gasteiger partial charge in [-0.25, -0.2) is 0 Å². The summed E-state index contributed by atoms with van der Waals surface area (Å²) in [5, 5.41) is 10.5. The number of pyridine rings is 7. The van der Waals surface area contributed by atoms with Crippen LogP contribution in [0.1, 0.15) is 377 Å². The van der Waals surface area contributed by atoms with Crippen LogP contribution in [0.4, 0.5) is 5.69 Å². The molecule has 0 amide bonds. The molecule has 17 rings (SSSR count). The second-order valence-corrected chi connectivity index (χ2v) is 43.8. The Morgan fingerprint density at radius 3 is 0.745 bits per heavy atom. The molecule has 2 unspecified atom stereocenters. The Morgan fingerprint density at radius 1 is 0.299 bits per heavy atom. The first-order valence-corrected chi connectivity index (χ1v) is 53.0. The maximum Gasteiger partial charge on any atom is 0.0913 e. The minimum absolute atomic E-state index is 0.413. The van der Waals surface area contributed by atoms with Crippen LogP contribution in [0, 0.1) is 0 Å². The van der Waals surface area contributed by atoms with Crippen LogP contribution in [0.3, 0.4) is 0 Å². The van der Waals surface area contributed by atoms with Gasteiger partial charge in [-0.2, -0.15) is 0 Å². The fourth-order valence-corrected chi connectivity index (χ4v) is 19.7. The number of aliphatic hydroxyl groups is 1. The Labute approximate surface area is 828 Å². The van der Waals surface area contributed by atoms with Crippen LogP contribution in [0.25, 0.3) is 0 Å². The molecule has 23 nitrogen and oxygen atoms in total. The summed E-state index contributed by atoms with van der Waals surface area (Å²) < 4.78 is 38.7. The molecule has 10 saturated heterocycles. The quantitative estimate of drug-likeness (QED) is 0.0445. The number of hydrogen-bond donors (Lipinski definition) is 1. The van der Waals surface area contributed by atoms with Crippen LogP contribution >= 0.6 is 0 Å². The Bertz CT molecular complexity index is 4290.